The van der Waals surface area contributed by atoms with Gasteiger partial charge in [0.1, 0.15) is 6.10 Å². The number of nitrogens with zero attached hydrogens (tertiary/aromatic N) is 2. The molecule has 1 aliphatic carbocycles. The molecule has 0 bridgehead atoms. The van der Waals surface area contributed by atoms with Crippen molar-refractivity contribution in [3.05, 3.63) is 26.9 Å². The Bertz CT molecular complexity index is 694. The second-order valence-corrected chi connectivity index (χ2v) is 6.76. The van der Waals surface area contributed by atoms with E-state index in [1.807, 2.05) is 0 Å². The van der Waals surface area contributed by atoms with Gasteiger partial charge in [-0.2, -0.15) is 0 Å². The first kappa shape index (κ1) is 15.5. The molecule has 1 heterocycles. The minimum atomic E-state index is -0.981. The van der Waals surface area contributed by atoms with E-state index >= 15 is 0 Å². The topological polar surface area (TPSA) is 78.5 Å². The number of benzene rings is 1. The lowest BCUT2D eigenvalue weighted by Crippen LogP contribution is -2.30. The van der Waals surface area contributed by atoms with Gasteiger partial charge in [-0.3, -0.25) is 0 Å². The van der Waals surface area contributed by atoms with Gasteiger partial charge in [-0.05, 0) is 34.5 Å². The van der Waals surface area contributed by atoms with Crippen LogP contribution in [0.3, 0.4) is 0 Å². The number of hydrogen-bond acceptors (Lipinski definition) is 4. The number of rotatable bonds is 2. The molecule has 114 valence electrons. The maximum atomic E-state index is 10.2. The molecule has 0 radical (unpaired) electrons. The van der Waals surface area contributed by atoms with Crippen molar-refractivity contribution in [2.45, 2.75) is 24.7 Å². The monoisotopic (exact) mass is 394 g/mol. The molecule has 0 unspecified atom stereocenters. The third kappa shape index (κ3) is 2.48. The molecule has 5 nitrogen and oxygen atoms in total. The molecule has 3 N–H and O–H groups in total. The van der Waals surface area contributed by atoms with Crippen LogP contribution in [0, 0.1) is 5.92 Å². The first-order valence-corrected chi connectivity index (χ1v) is 7.98. The first-order valence-electron chi connectivity index (χ1n) is 6.43. The van der Waals surface area contributed by atoms with Gasteiger partial charge in [0.25, 0.3) is 0 Å². The van der Waals surface area contributed by atoms with Crippen molar-refractivity contribution < 1.29 is 15.3 Å². The quantitative estimate of drug-likeness (QED) is 0.729. The lowest BCUT2D eigenvalue weighted by molar-refractivity contribution is -0.00386. The number of aliphatic hydroxyl groups is 3. The average Bonchev–Trinajstić information content (AvgIpc) is 2.89. The molecular formula is C13H13BrCl2N2O3. The molecule has 1 aliphatic rings. The molecule has 1 fully saturated rings. The molecule has 21 heavy (non-hydrogen) atoms. The summed E-state index contributed by atoms with van der Waals surface area (Å²) in [6.45, 7) is -0.175. The Morgan fingerprint density at radius 3 is 2.52 bits per heavy atom. The highest BCUT2D eigenvalue weighted by molar-refractivity contribution is 9.10. The van der Waals surface area contributed by atoms with Crippen LogP contribution in [-0.2, 0) is 0 Å². The van der Waals surface area contributed by atoms with Crippen molar-refractivity contribution in [2.24, 2.45) is 5.92 Å². The van der Waals surface area contributed by atoms with Gasteiger partial charge in [0.15, 0.2) is 4.73 Å². The Morgan fingerprint density at radius 1 is 1.24 bits per heavy atom. The Kier molecular flexibility index (Phi) is 4.20. The van der Waals surface area contributed by atoms with E-state index in [0.717, 1.165) is 0 Å². The number of aromatic nitrogens is 2. The molecule has 3 rings (SSSR count). The van der Waals surface area contributed by atoms with Crippen LogP contribution in [-0.4, -0.2) is 43.7 Å². The van der Waals surface area contributed by atoms with Crippen molar-refractivity contribution in [1.29, 1.82) is 0 Å². The number of aliphatic hydroxyl groups excluding tert-OH is 3. The number of hydrogen-bond donors (Lipinski definition) is 3. The summed E-state index contributed by atoms with van der Waals surface area (Å²) in [5, 5.41) is 30.3. The van der Waals surface area contributed by atoms with Gasteiger partial charge in [-0.1, -0.05) is 23.2 Å². The minimum absolute atomic E-state index is 0.175. The van der Waals surface area contributed by atoms with Crippen molar-refractivity contribution in [2.75, 3.05) is 6.61 Å². The summed E-state index contributed by atoms with van der Waals surface area (Å²) in [4.78, 5) is 4.35. The summed E-state index contributed by atoms with van der Waals surface area (Å²) in [5.41, 5.74) is 1.36. The molecule has 1 saturated carbocycles. The molecule has 2 aromatic rings. The zero-order valence-electron chi connectivity index (χ0n) is 10.7. The van der Waals surface area contributed by atoms with Gasteiger partial charge in [0, 0.05) is 12.5 Å². The SMILES string of the molecule is OC[C@@H]1C[C@H](n2c(Br)nc3cc(Cl)c(Cl)cc32)[C@@H](O)[C@H]1O. The van der Waals surface area contributed by atoms with Crippen LogP contribution >= 0.6 is 39.1 Å². The Balaban J connectivity index is 2.12. The van der Waals surface area contributed by atoms with E-state index in [1.165, 1.54) is 0 Å². The summed E-state index contributed by atoms with van der Waals surface area (Å²) in [5.74, 6) is -0.364. The predicted octanol–water partition coefficient (Wildman–Crippen LogP) is 2.38. The summed E-state index contributed by atoms with van der Waals surface area (Å²) >= 11 is 15.4. The number of halogens is 3. The molecule has 0 aliphatic heterocycles. The van der Waals surface area contributed by atoms with E-state index in [4.69, 9.17) is 23.2 Å². The van der Waals surface area contributed by atoms with E-state index in [-0.39, 0.29) is 12.5 Å². The highest BCUT2D eigenvalue weighted by Gasteiger charge is 2.43. The zero-order valence-corrected chi connectivity index (χ0v) is 13.8. The lowest BCUT2D eigenvalue weighted by atomic mass is 10.1. The standard InChI is InChI=1S/C13H13BrCl2N2O3/c14-13-17-8-2-6(15)7(16)3-9(8)18(13)10-1-5(4-19)11(20)12(10)21/h2-3,5,10-12,19-21H,1,4H2/t5-,10-,11-,12+/m0/s1. The van der Waals surface area contributed by atoms with Gasteiger partial charge >= 0.3 is 0 Å². The largest absolute Gasteiger partial charge is 0.396 e. The average molecular weight is 396 g/mol. The van der Waals surface area contributed by atoms with Gasteiger partial charge in [-0.15, -0.1) is 0 Å². The van der Waals surface area contributed by atoms with Gasteiger partial charge in [-0.25, -0.2) is 4.98 Å². The molecule has 1 aromatic carbocycles. The second kappa shape index (κ2) is 5.68. The summed E-state index contributed by atoms with van der Waals surface area (Å²) in [7, 11) is 0. The van der Waals surface area contributed by atoms with Crippen LogP contribution in [0.5, 0.6) is 0 Å². The molecule has 0 amide bonds. The molecule has 8 heteroatoms. The van der Waals surface area contributed by atoms with E-state index in [9.17, 15) is 15.3 Å². The maximum Gasteiger partial charge on any atom is 0.178 e. The number of imidazole rings is 1. The molecule has 0 spiro atoms. The number of fused-ring (bicyclic) bond motifs is 1. The molecular weight excluding hydrogens is 383 g/mol. The smallest absolute Gasteiger partial charge is 0.178 e. The van der Waals surface area contributed by atoms with Crippen molar-refractivity contribution in [1.82, 2.24) is 9.55 Å². The van der Waals surface area contributed by atoms with Crippen molar-refractivity contribution in [3.63, 3.8) is 0 Å². The van der Waals surface area contributed by atoms with Crippen molar-refractivity contribution >= 4 is 50.2 Å². The Hall–Kier alpha value is -0.370. The fourth-order valence-corrected chi connectivity index (χ4v) is 3.87. The van der Waals surface area contributed by atoms with Crippen LogP contribution in [0.15, 0.2) is 16.9 Å². The zero-order chi connectivity index (χ0) is 15.3. The lowest BCUT2D eigenvalue weighted by Gasteiger charge is -2.19. The fraction of sp³-hybridized carbons (Fsp3) is 0.462. The summed E-state index contributed by atoms with van der Waals surface area (Å²) in [6, 6.07) is 2.94. The first-order chi connectivity index (χ1) is 9.93. The van der Waals surface area contributed by atoms with Gasteiger partial charge < -0.3 is 19.9 Å². The van der Waals surface area contributed by atoms with Crippen LogP contribution in [0.25, 0.3) is 11.0 Å². The predicted molar refractivity (Wildman–Crippen MR) is 83.7 cm³/mol. The third-order valence-corrected chi connectivity index (χ3v) is 5.31. The van der Waals surface area contributed by atoms with Gasteiger partial charge in [0.05, 0.1) is 33.2 Å². The maximum absolute atomic E-state index is 10.2. The Labute approximate surface area is 139 Å². The molecule has 1 aromatic heterocycles. The van der Waals surface area contributed by atoms with E-state index in [0.29, 0.717) is 32.2 Å². The third-order valence-electron chi connectivity index (χ3n) is 4.03. The highest BCUT2D eigenvalue weighted by Crippen LogP contribution is 2.40. The molecule has 0 saturated heterocycles. The fourth-order valence-electron chi connectivity index (χ4n) is 2.91. The van der Waals surface area contributed by atoms with Crippen molar-refractivity contribution in [3.8, 4) is 0 Å². The van der Waals surface area contributed by atoms with E-state index < -0.39 is 18.2 Å². The highest BCUT2D eigenvalue weighted by atomic mass is 79.9. The van der Waals surface area contributed by atoms with Gasteiger partial charge in [0.2, 0.25) is 0 Å². The molecule has 4 atom stereocenters. The Morgan fingerprint density at radius 2 is 1.90 bits per heavy atom. The van der Waals surface area contributed by atoms with Crippen LogP contribution in [0.4, 0.5) is 0 Å². The summed E-state index contributed by atoms with van der Waals surface area (Å²) < 4.78 is 2.30. The van der Waals surface area contributed by atoms with Crippen LogP contribution in [0.1, 0.15) is 12.5 Å². The normalized spacial score (nSPS) is 29.4. The second-order valence-electron chi connectivity index (χ2n) is 5.23. The van der Waals surface area contributed by atoms with E-state index in [2.05, 4.69) is 20.9 Å². The van der Waals surface area contributed by atoms with Crippen LogP contribution < -0.4 is 0 Å². The minimum Gasteiger partial charge on any atom is -0.396 e. The van der Waals surface area contributed by atoms with E-state index in [1.54, 1.807) is 16.7 Å². The van der Waals surface area contributed by atoms with Crippen LogP contribution in [0.2, 0.25) is 10.0 Å². The summed E-state index contributed by atoms with van der Waals surface area (Å²) in [6.07, 6.45) is -1.50.